The van der Waals surface area contributed by atoms with Crippen molar-refractivity contribution in [2.75, 3.05) is 0 Å². The summed E-state index contributed by atoms with van der Waals surface area (Å²) in [6.45, 7) is 0. The van der Waals surface area contributed by atoms with E-state index in [4.69, 9.17) is 0 Å². The van der Waals surface area contributed by atoms with Gasteiger partial charge in [0, 0.05) is 17.6 Å². The third-order valence-electron chi connectivity index (χ3n) is 4.00. The van der Waals surface area contributed by atoms with Crippen LogP contribution in [-0.4, -0.2) is 11.0 Å². The summed E-state index contributed by atoms with van der Waals surface area (Å²) in [6, 6.07) is 9.53. The minimum Gasteiger partial charge on any atom is -0.302 e. The van der Waals surface area contributed by atoms with E-state index >= 15 is 0 Å². The Balaban J connectivity index is 1.74. The highest BCUT2D eigenvalue weighted by Gasteiger charge is 2.43. The van der Waals surface area contributed by atoms with Crippen molar-refractivity contribution in [1.29, 1.82) is 0 Å². The summed E-state index contributed by atoms with van der Waals surface area (Å²) in [5.41, 5.74) is 3.04. The molecule has 0 atom stereocenters. The first-order chi connectivity index (χ1) is 8.86. The number of nitrogens with zero attached hydrogens (tertiary/aromatic N) is 1. The SMILES string of the molecule is c1ccc2c(c1)CC(NC1CC1)(c1nccs1)C2. The maximum Gasteiger partial charge on any atom is 0.113 e. The van der Waals surface area contributed by atoms with Gasteiger partial charge in [-0.25, -0.2) is 4.98 Å². The number of aromatic nitrogens is 1. The second-order valence-corrected chi connectivity index (χ2v) is 6.35. The van der Waals surface area contributed by atoms with Gasteiger partial charge in [-0.3, -0.25) is 0 Å². The highest BCUT2D eigenvalue weighted by atomic mass is 32.1. The van der Waals surface area contributed by atoms with Crippen molar-refractivity contribution in [2.45, 2.75) is 37.3 Å². The zero-order valence-corrected chi connectivity index (χ0v) is 11.0. The minimum atomic E-state index is 0.0685. The number of hydrogen-bond donors (Lipinski definition) is 1. The normalized spacial score (nSPS) is 20.9. The van der Waals surface area contributed by atoms with Gasteiger partial charge in [-0.1, -0.05) is 24.3 Å². The highest BCUT2D eigenvalue weighted by Crippen LogP contribution is 2.40. The van der Waals surface area contributed by atoms with Gasteiger partial charge in [0.25, 0.3) is 0 Å². The van der Waals surface area contributed by atoms with E-state index in [0.29, 0.717) is 6.04 Å². The molecule has 1 heterocycles. The van der Waals surface area contributed by atoms with Crippen LogP contribution in [0.5, 0.6) is 0 Å². The van der Waals surface area contributed by atoms with Crippen LogP contribution in [0.2, 0.25) is 0 Å². The quantitative estimate of drug-likeness (QED) is 0.913. The topological polar surface area (TPSA) is 24.9 Å². The van der Waals surface area contributed by atoms with Crippen molar-refractivity contribution in [1.82, 2.24) is 10.3 Å². The zero-order chi connectivity index (χ0) is 12.0. The Morgan fingerprint density at radius 3 is 2.44 bits per heavy atom. The lowest BCUT2D eigenvalue weighted by molar-refractivity contribution is 0.344. The standard InChI is InChI=1S/C15H16N2S/c1-2-4-12-10-15(9-11(12)3-1,17-13-5-6-13)14-16-7-8-18-14/h1-4,7-8,13,17H,5-6,9-10H2. The van der Waals surface area contributed by atoms with Crippen LogP contribution >= 0.6 is 11.3 Å². The monoisotopic (exact) mass is 256 g/mol. The summed E-state index contributed by atoms with van der Waals surface area (Å²) in [4.78, 5) is 4.59. The highest BCUT2D eigenvalue weighted by molar-refractivity contribution is 7.09. The average Bonchev–Trinajstić information content (AvgIpc) is 2.93. The van der Waals surface area contributed by atoms with E-state index in [1.54, 1.807) is 11.3 Å². The summed E-state index contributed by atoms with van der Waals surface area (Å²) < 4.78 is 0. The summed E-state index contributed by atoms with van der Waals surface area (Å²) in [5.74, 6) is 0. The number of rotatable bonds is 3. The second kappa shape index (κ2) is 3.90. The lowest BCUT2D eigenvalue weighted by Gasteiger charge is -2.28. The molecular weight excluding hydrogens is 240 g/mol. The van der Waals surface area contributed by atoms with Gasteiger partial charge in [0.1, 0.15) is 5.01 Å². The molecule has 3 heteroatoms. The zero-order valence-electron chi connectivity index (χ0n) is 10.2. The summed E-state index contributed by atoms with van der Waals surface area (Å²) in [6.07, 6.45) is 6.76. The van der Waals surface area contributed by atoms with Crippen molar-refractivity contribution in [3.63, 3.8) is 0 Å². The van der Waals surface area contributed by atoms with Crippen LogP contribution in [0.25, 0.3) is 0 Å². The van der Waals surface area contributed by atoms with E-state index in [-0.39, 0.29) is 5.54 Å². The van der Waals surface area contributed by atoms with Gasteiger partial charge in [0.15, 0.2) is 0 Å². The number of fused-ring (bicyclic) bond motifs is 1. The molecule has 0 aliphatic heterocycles. The van der Waals surface area contributed by atoms with Gasteiger partial charge in [-0.05, 0) is 36.8 Å². The number of thiazole rings is 1. The van der Waals surface area contributed by atoms with Crippen molar-refractivity contribution >= 4 is 11.3 Å². The van der Waals surface area contributed by atoms with Crippen molar-refractivity contribution in [2.24, 2.45) is 0 Å². The summed E-state index contributed by atoms with van der Waals surface area (Å²) >= 11 is 1.79. The molecule has 2 aromatic rings. The maximum atomic E-state index is 4.59. The molecule has 1 N–H and O–H groups in total. The molecule has 1 fully saturated rings. The Kier molecular flexibility index (Phi) is 2.32. The molecule has 2 aliphatic rings. The Labute approximate surface area is 111 Å². The van der Waals surface area contributed by atoms with Crippen molar-refractivity contribution in [3.8, 4) is 0 Å². The molecule has 0 bridgehead atoms. The van der Waals surface area contributed by atoms with E-state index in [0.717, 1.165) is 12.8 Å². The molecular formula is C15H16N2S. The Bertz CT molecular complexity index is 533. The number of nitrogens with one attached hydrogen (secondary N) is 1. The molecule has 4 rings (SSSR count). The first-order valence-corrected chi connectivity index (χ1v) is 7.48. The molecule has 2 aliphatic carbocycles. The predicted octanol–water partition coefficient (Wildman–Crippen LogP) is 2.89. The van der Waals surface area contributed by atoms with Gasteiger partial charge < -0.3 is 5.32 Å². The fourth-order valence-corrected chi connectivity index (χ4v) is 3.81. The van der Waals surface area contributed by atoms with E-state index in [1.165, 1.54) is 29.0 Å². The van der Waals surface area contributed by atoms with Crippen LogP contribution in [-0.2, 0) is 18.4 Å². The third-order valence-corrected chi connectivity index (χ3v) is 4.98. The molecule has 0 amide bonds. The fourth-order valence-electron chi connectivity index (χ4n) is 3.01. The maximum absolute atomic E-state index is 4.59. The van der Waals surface area contributed by atoms with Crippen LogP contribution in [0.4, 0.5) is 0 Å². The van der Waals surface area contributed by atoms with Gasteiger partial charge in [0.05, 0.1) is 5.54 Å². The molecule has 0 spiro atoms. The number of benzene rings is 1. The molecule has 1 saturated carbocycles. The molecule has 1 aromatic carbocycles. The van der Waals surface area contributed by atoms with Crippen molar-refractivity contribution in [3.05, 3.63) is 52.0 Å². The molecule has 2 nitrogen and oxygen atoms in total. The average molecular weight is 256 g/mol. The smallest absolute Gasteiger partial charge is 0.113 e. The number of hydrogen-bond acceptors (Lipinski definition) is 3. The molecule has 0 saturated heterocycles. The fraction of sp³-hybridized carbons (Fsp3) is 0.400. The van der Waals surface area contributed by atoms with Crippen LogP contribution in [0, 0.1) is 0 Å². The molecule has 0 unspecified atom stereocenters. The third kappa shape index (κ3) is 1.70. The molecule has 1 aromatic heterocycles. The van der Waals surface area contributed by atoms with Crippen molar-refractivity contribution < 1.29 is 0 Å². The molecule has 18 heavy (non-hydrogen) atoms. The van der Waals surface area contributed by atoms with Crippen LogP contribution in [0.3, 0.4) is 0 Å². The van der Waals surface area contributed by atoms with Gasteiger partial charge in [0.2, 0.25) is 0 Å². The Hall–Kier alpha value is -1.19. The van der Waals surface area contributed by atoms with E-state index in [2.05, 4.69) is 39.9 Å². The second-order valence-electron chi connectivity index (χ2n) is 5.46. The first kappa shape index (κ1) is 10.7. The molecule has 92 valence electrons. The van der Waals surface area contributed by atoms with E-state index in [1.807, 2.05) is 6.20 Å². The van der Waals surface area contributed by atoms with Gasteiger partial charge >= 0.3 is 0 Å². The summed E-state index contributed by atoms with van der Waals surface area (Å²) in [5, 5.41) is 7.21. The lowest BCUT2D eigenvalue weighted by Crippen LogP contribution is -2.44. The molecule has 0 radical (unpaired) electrons. The van der Waals surface area contributed by atoms with E-state index in [9.17, 15) is 0 Å². The minimum absolute atomic E-state index is 0.0685. The predicted molar refractivity (Wildman–Crippen MR) is 73.8 cm³/mol. The van der Waals surface area contributed by atoms with Crippen LogP contribution < -0.4 is 5.32 Å². The lowest BCUT2D eigenvalue weighted by atomic mass is 9.96. The van der Waals surface area contributed by atoms with Crippen LogP contribution in [0.15, 0.2) is 35.8 Å². The van der Waals surface area contributed by atoms with Gasteiger partial charge in [-0.15, -0.1) is 11.3 Å². The first-order valence-electron chi connectivity index (χ1n) is 6.60. The van der Waals surface area contributed by atoms with Gasteiger partial charge in [-0.2, -0.15) is 0 Å². The van der Waals surface area contributed by atoms with E-state index < -0.39 is 0 Å². The Morgan fingerprint density at radius 2 is 1.89 bits per heavy atom. The Morgan fingerprint density at radius 1 is 1.17 bits per heavy atom. The van der Waals surface area contributed by atoms with Crippen LogP contribution in [0.1, 0.15) is 29.0 Å². The summed E-state index contributed by atoms with van der Waals surface area (Å²) in [7, 11) is 0. The largest absolute Gasteiger partial charge is 0.302 e.